The molecule has 24 heavy (non-hydrogen) atoms. The minimum atomic E-state index is -1.92. The van der Waals surface area contributed by atoms with Gasteiger partial charge in [-0.15, -0.1) is 0 Å². The van der Waals surface area contributed by atoms with Gasteiger partial charge in [0.2, 0.25) is 5.91 Å². The molecule has 0 heterocycles. The molecule has 0 spiro atoms. The first-order chi connectivity index (χ1) is 11.0. The van der Waals surface area contributed by atoms with E-state index in [2.05, 4.69) is 44.6 Å². The van der Waals surface area contributed by atoms with E-state index in [0.717, 1.165) is 5.56 Å². The highest BCUT2D eigenvalue weighted by molar-refractivity contribution is 6.87. The Labute approximate surface area is 148 Å². The number of ether oxygens (including phenoxy) is 1. The fourth-order valence-corrected chi connectivity index (χ4v) is 10.1. The zero-order valence-corrected chi connectivity index (χ0v) is 18.0. The summed E-state index contributed by atoms with van der Waals surface area (Å²) in [4.78, 5) is 25.5. The van der Waals surface area contributed by atoms with Crippen molar-refractivity contribution in [3.63, 3.8) is 0 Å². The van der Waals surface area contributed by atoms with E-state index in [1.807, 2.05) is 30.3 Å². The normalized spacial score (nSPS) is 14.6. The smallest absolute Gasteiger partial charge is 0.306 e. The zero-order chi connectivity index (χ0) is 18.5. The molecule has 1 amide bonds. The first-order valence-electron chi connectivity index (χ1n) is 8.38. The van der Waals surface area contributed by atoms with Crippen LogP contribution in [0.5, 0.6) is 0 Å². The van der Waals surface area contributed by atoms with Crippen LogP contribution in [0.4, 0.5) is 0 Å². The van der Waals surface area contributed by atoms with Crippen LogP contribution in [0.15, 0.2) is 30.3 Å². The average molecular weight is 366 g/mol. The number of rotatable bonds is 7. The van der Waals surface area contributed by atoms with Crippen LogP contribution >= 0.6 is 0 Å². The van der Waals surface area contributed by atoms with Gasteiger partial charge in [0.1, 0.15) is 0 Å². The highest BCUT2D eigenvalue weighted by Gasteiger charge is 2.49. The molecule has 0 aliphatic rings. The minimum Gasteiger partial charge on any atom is -0.469 e. The number of hydrogen-bond donors (Lipinski definition) is 1. The van der Waals surface area contributed by atoms with Crippen molar-refractivity contribution < 1.29 is 14.3 Å². The maximum absolute atomic E-state index is 13.0. The number of nitrogens with one attached hydrogen (secondary N) is 1. The monoisotopic (exact) mass is 365 g/mol. The lowest BCUT2D eigenvalue weighted by Crippen LogP contribution is -2.50. The van der Waals surface area contributed by atoms with E-state index in [9.17, 15) is 9.59 Å². The summed E-state index contributed by atoms with van der Waals surface area (Å²) in [6, 6.07) is 9.84. The summed E-state index contributed by atoms with van der Waals surface area (Å²) in [7, 11) is -2.42. The molecule has 1 aromatic carbocycles. The fourth-order valence-electron chi connectivity index (χ4n) is 3.06. The maximum atomic E-state index is 13.0. The number of esters is 1. The van der Waals surface area contributed by atoms with Crippen molar-refractivity contribution >= 4 is 28.0 Å². The van der Waals surface area contributed by atoms with Crippen LogP contribution in [0.2, 0.25) is 50.4 Å². The van der Waals surface area contributed by atoms with Gasteiger partial charge in [0.15, 0.2) is 0 Å². The molecule has 0 fully saturated rings. The lowest BCUT2D eigenvalue weighted by atomic mass is 10.2. The van der Waals surface area contributed by atoms with Crippen LogP contribution in [0, 0.1) is 0 Å². The van der Waals surface area contributed by atoms with Crippen molar-refractivity contribution in [1.29, 1.82) is 0 Å². The molecule has 0 aliphatic carbocycles. The zero-order valence-electron chi connectivity index (χ0n) is 16.0. The Balaban J connectivity index is 3.06. The third-order valence-electron chi connectivity index (χ3n) is 4.25. The van der Waals surface area contributed by atoms with E-state index in [4.69, 9.17) is 4.74 Å². The van der Waals surface area contributed by atoms with Crippen LogP contribution in [-0.2, 0) is 20.9 Å². The Morgan fingerprint density at radius 1 is 0.958 bits per heavy atom. The summed E-state index contributed by atoms with van der Waals surface area (Å²) < 4.78 is 5.07. The lowest BCUT2D eigenvalue weighted by molar-refractivity contribution is -0.142. The molecule has 6 heteroatoms. The van der Waals surface area contributed by atoms with Crippen LogP contribution < -0.4 is 5.32 Å². The molecule has 134 valence electrons. The summed E-state index contributed by atoms with van der Waals surface area (Å²) in [5.74, 6) is -0.257. The number of hydrogen-bond acceptors (Lipinski definition) is 3. The molecule has 1 N–H and O–H groups in total. The van der Waals surface area contributed by atoms with Crippen molar-refractivity contribution in [3.05, 3.63) is 35.9 Å². The van der Waals surface area contributed by atoms with Crippen LogP contribution in [0.25, 0.3) is 0 Å². The summed E-state index contributed by atoms with van der Waals surface area (Å²) in [6.07, 6.45) is 0. The number of methoxy groups -OCH3 is 1. The van der Waals surface area contributed by atoms with Gasteiger partial charge in [-0.05, 0) is 5.56 Å². The first kappa shape index (κ1) is 20.6. The van der Waals surface area contributed by atoms with E-state index < -0.39 is 16.1 Å². The Hall–Kier alpha value is -1.41. The number of carbonyl (C=O) groups is 2. The summed E-state index contributed by atoms with van der Waals surface area (Å²) in [6.45, 7) is 13.3. The second-order valence-corrected chi connectivity index (χ2v) is 19.1. The maximum Gasteiger partial charge on any atom is 0.306 e. The quantitative estimate of drug-likeness (QED) is 0.589. The second-order valence-electron chi connectivity index (χ2n) is 8.41. The number of carbonyl (C=O) groups excluding carboxylic acids is 2. The molecular weight excluding hydrogens is 334 g/mol. The Kier molecular flexibility index (Phi) is 6.98. The number of amides is 1. The van der Waals surface area contributed by atoms with Gasteiger partial charge in [0.05, 0.1) is 28.8 Å². The Morgan fingerprint density at radius 2 is 1.46 bits per heavy atom. The van der Waals surface area contributed by atoms with Gasteiger partial charge in [-0.3, -0.25) is 9.59 Å². The van der Waals surface area contributed by atoms with Crippen molar-refractivity contribution in [3.8, 4) is 0 Å². The van der Waals surface area contributed by atoms with Gasteiger partial charge in [-0.1, -0.05) is 69.6 Å². The Bertz CT molecular complexity index is 562. The van der Waals surface area contributed by atoms with E-state index in [0.29, 0.717) is 6.54 Å². The van der Waals surface area contributed by atoms with Crippen molar-refractivity contribution in [2.45, 2.75) is 56.9 Å². The van der Waals surface area contributed by atoms with Gasteiger partial charge in [0.25, 0.3) is 0 Å². The van der Waals surface area contributed by atoms with Gasteiger partial charge in [-0.2, -0.15) is 0 Å². The standard InChI is InChI=1S/C18H31NO3Si2/c1-22-18(21)16(24(5,6)7)15(23(2,3)4)17(20)19-13-14-11-9-8-10-12-14/h8-12,15-16H,13H2,1-7H3,(H,19,20). The third-order valence-corrected chi connectivity index (χ3v) is 9.48. The van der Waals surface area contributed by atoms with Crippen molar-refractivity contribution in [2.24, 2.45) is 0 Å². The highest BCUT2D eigenvalue weighted by Crippen LogP contribution is 2.42. The molecule has 1 rings (SSSR count). The molecule has 0 saturated carbocycles. The van der Waals surface area contributed by atoms with Crippen LogP contribution in [0.3, 0.4) is 0 Å². The summed E-state index contributed by atoms with van der Waals surface area (Å²) >= 11 is 0. The molecular formula is C18H31NO3Si2. The molecule has 2 unspecified atom stereocenters. The predicted molar refractivity (Wildman–Crippen MR) is 104 cm³/mol. The fraction of sp³-hybridized carbons (Fsp3) is 0.556. The topological polar surface area (TPSA) is 55.4 Å². The van der Waals surface area contributed by atoms with Crippen molar-refractivity contribution in [2.75, 3.05) is 7.11 Å². The summed E-state index contributed by atoms with van der Waals surface area (Å²) in [5.41, 5.74) is 0.466. The van der Waals surface area contributed by atoms with Crippen molar-refractivity contribution in [1.82, 2.24) is 5.32 Å². The molecule has 0 saturated heterocycles. The van der Waals surface area contributed by atoms with Crippen LogP contribution in [-0.4, -0.2) is 35.1 Å². The lowest BCUT2D eigenvalue weighted by Gasteiger charge is -2.39. The first-order valence-corrected chi connectivity index (χ1v) is 15.5. The van der Waals surface area contributed by atoms with Gasteiger partial charge >= 0.3 is 5.97 Å². The molecule has 1 aromatic rings. The largest absolute Gasteiger partial charge is 0.469 e. The Morgan fingerprint density at radius 3 is 1.88 bits per heavy atom. The third kappa shape index (κ3) is 5.59. The number of benzene rings is 1. The van der Waals surface area contributed by atoms with E-state index in [-0.39, 0.29) is 23.0 Å². The van der Waals surface area contributed by atoms with Gasteiger partial charge in [0, 0.05) is 12.1 Å². The SMILES string of the molecule is COC(=O)C(C(C(=O)NCc1ccccc1)[Si](C)(C)C)[Si](C)(C)C. The van der Waals surface area contributed by atoms with Gasteiger partial charge < -0.3 is 10.1 Å². The van der Waals surface area contributed by atoms with Crippen LogP contribution in [0.1, 0.15) is 5.56 Å². The van der Waals surface area contributed by atoms with E-state index in [1.165, 1.54) is 7.11 Å². The van der Waals surface area contributed by atoms with E-state index >= 15 is 0 Å². The molecule has 2 atom stereocenters. The van der Waals surface area contributed by atoms with Gasteiger partial charge in [-0.25, -0.2) is 0 Å². The highest BCUT2D eigenvalue weighted by atomic mass is 28.3. The summed E-state index contributed by atoms with van der Waals surface area (Å²) in [5, 5.41) is 3.05. The molecule has 0 aliphatic heterocycles. The molecule has 0 aromatic heterocycles. The minimum absolute atomic E-state index is 0.0177. The van der Waals surface area contributed by atoms with E-state index in [1.54, 1.807) is 0 Å². The second kappa shape index (κ2) is 8.11. The average Bonchev–Trinajstić information content (AvgIpc) is 2.48. The molecule has 0 radical (unpaired) electrons. The molecule has 4 nitrogen and oxygen atoms in total. The predicted octanol–water partition coefficient (Wildman–Crippen LogP) is 3.89. The molecule has 0 bridgehead atoms.